The van der Waals surface area contributed by atoms with Crippen molar-refractivity contribution in [2.45, 2.75) is 13.0 Å². The fraction of sp³-hybridized carbons (Fsp3) is 0.273. The van der Waals surface area contributed by atoms with Gasteiger partial charge in [0.2, 0.25) is 0 Å². The van der Waals surface area contributed by atoms with E-state index in [2.05, 4.69) is 5.32 Å². The molecule has 31 heavy (non-hydrogen) atoms. The highest BCUT2D eigenvalue weighted by atomic mass is 35.5. The van der Waals surface area contributed by atoms with E-state index < -0.39 is 12.0 Å². The molecule has 3 rings (SSSR count). The van der Waals surface area contributed by atoms with Crippen LogP contribution in [0.15, 0.2) is 47.7 Å². The van der Waals surface area contributed by atoms with Crippen LogP contribution >= 0.6 is 23.8 Å². The molecular formula is C22H23ClN2O5S. The molecular weight excluding hydrogens is 440 g/mol. The standard InChI is InChI=1S/C22H23ClN2O5S/c1-12-19(21(26)30-5)20(15-10-17(28-3)18(29-4)11-16(15)27-2)24-22(31)25(12)14-8-6-13(23)7-9-14/h6-11,20H,1-5H3,(H,24,31). The predicted octanol–water partition coefficient (Wildman–Crippen LogP) is 4.25. The number of allylic oxidation sites excluding steroid dienone is 1. The zero-order chi connectivity index (χ0) is 22.7. The van der Waals surface area contributed by atoms with Crippen molar-refractivity contribution >= 4 is 40.6 Å². The van der Waals surface area contributed by atoms with Gasteiger partial charge >= 0.3 is 5.97 Å². The lowest BCUT2D eigenvalue weighted by molar-refractivity contribution is -0.136. The van der Waals surface area contributed by atoms with Crippen molar-refractivity contribution in [3.8, 4) is 17.2 Å². The summed E-state index contributed by atoms with van der Waals surface area (Å²) < 4.78 is 21.5. The zero-order valence-corrected chi connectivity index (χ0v) is 19.4. The summed E-state index contributed by atoms with van der Waals surface area (Å²) in [6, 6.07) is 10.00. The minimum absolute atomic E-state index is 0.386. The summed E-state index contributed by atoms with van der Waals surface area (Å²) in [4.78, 5) is 14.6. The SMILES string of the molecule is COC(=O)C1=C(C)N(c2ccc(Cl)cc2)C(=S)NC1c1cc(OC)c(OC)cc1OC. The Balaban J connectivity index is 2.21. The first-order chi connectivity index (χ1) is 14.9. The first-order valence-electron chi connectivity index (χ1n) is 9.31. The predicted molar refractivity (Wildman–Crippen MR) is 123 cm³/mol. The summed E-state index contributed by atoms with van der Waals surface area (Å²) in [6.07, 6.45) is 0. The largest absolute Gasteiger partial charge is 0.496 e. The van der Waals surface area contributed by atoms with Gasteiger partial charge in [0, 0.05) is 28.0 Å². The number of anilines is 1. The number of nitrogens with one attached hydrogen (secondary N) is 1. The van der Waals surface area contributed by atoms with Crippen LogP contribution in [0.5, 0.6) is 17.2 Å². The van der Waals surface area contributed by atoms with Gasteiger partial charge in [-0.15, -0.1) is 0 Å². The summed E-state index contributed by atoms with van der Waals surface area (Å²) in [5, 5.41) is 4.26. The number of methoxy groups -OCH3 is 4. The van der Waals surface area contributed by atoms with E-state index in [1.54, 1.807) is 43.4 Å². The van der Waals surface area contributed by atoms with Crippen LogP contribution in [0.1, 0.15) is 18.5 Å². The van der Waals surface area contributed by atoms with Gasteiger partial charge in [0.25, 0.3) is 0 Å². The Kier molecular flexibility index (Phi) is 6.92. The van der Waals surface area contributed by atoms with E-state index in [-0.39, 0.29) is 0 Å². The van der Waals surface area contributed by atoms with Gasteiger partial charge < -0.3 is 24.3 Å². The summed E-state index contributed by atoms with van der Waals surface area (Å²) in [5.74, 6) is 1.01. The third-order valence-corrected chi connectivity index (χ3v) is 5.57. The van der Waals surface area contributed by atoms with Crippen molar-refractivity contribution in [1.82, 2.24) is 5.32 Å². The van der Waals surface area contributed by atoms with E-state index in [9.17, 15) is 4.79 Å². The van der Waals surface area contributed by atoms with Crippen LogP contribution in [-0.4, -0.2) is 39.5 Å². The van der Waals surface area contributed by atoms with Crippen LogP contribution in [0, 0.1) is 0 Å². The smallest absolute Gasteiger partial charge is 0.337 e. The lowest BCUT2D eigenvalue weighted by atomic mass is 9.93. The number of hydrogen-bond acceptors (Lipinski definition) is 6. The van der Waals surface area contributed by atoms with Crippen molar-refractivity contribution in [2.75, 3.05) is 33.3 Å². The lowest BCUT2D eigenvalue weighted by Crippen LogP contribution is -2.48. The van der Waals surface area contributed by atoms with Crippen LogP contribution in [-0.2, 0) is 9.53 Å². The third-order valence-electron chi connectivity index (χ3n) is 5.02. The monoisotopic (exact) mass is 462 g/mol. The van der Waals surface area contributed by atoms with Crippen LogP contribution < -0.4 is 24.4 Å². The molecule has 0 amide bonds. The lowest BCUT2D eigenvalue weighted by Gasteiger charge is -2.37. The fourth-order valence-electron chi connectivity index (χ4n) is 3.53. The summed E-state index contributed by atoms with van der Waals surface area (Å²) >= 11 is 11.7. The highest BCUT2D eigenvalue weighted by Crippen LogP contribution is 2.42. The summed E-state index contributed by atoms with van der Waals surface area (Å²) in [6.45, 7) is 1.81. The maximum Gasteiger partial charge on any atom is 0.337 e. The quantitative estimate of drug-likeness (QED) is 0.504. The second kappa shape index (κ2) is 9.45. The number of thiocarbonyl (C=S) groups is 1. The highest BCUT2D eigenvalue weighted by molar-refractivity contribution is 7.80. The first kappa shape index (κ1) is 22.7. The molecule has 1 heterocycles. The Labute approximate surface area is 191 Å². The molecule has 1 unspecified atom stereocenters. The minimum Gasteiger partial charge on any atom is -0.496 e. The van der Waals surface area contributed by atoms with Gasteiger partial charge in [-0.1, -0.05) is 11.6 Å². The molecule has 1 N–H and O–H groups in total. The molecule has 1 aliphatic heterocycles. The van der Waals surface area contributed by atoms with Gasteiger partial charge in [0.1, 0.15) is 5.75 Å². The Morgan fingerprint density at radius 1 is 1.00 bits per heavy atom. The molecule has 1 atom stereocenters. The number of ether oxygens (including phenoxy) is 4. The molecule has 0 aliphatic carbocycles. The molecule has 2 aromatic rings. The van der Waals surface area contributed by atoms with E-state index in [1.165, 1.54) is 14.2 Å². The Morgan fingerprint density at radius 3 is 2.13 bits per heavy atom. The second-order valence-electron chi connectivity index (χ2n) is 6.63. The van der Waals surface area contributed by atoms with E-state index in [0.29, 0.717) is 44.2 Å². The first-order valence-corrected chi connectivity index (χ1v) is 10.1. The van der Waals surface area contributed by atoms with Crippen molar-refractivity contribution in [2.24, 2.45) is 0 Å². The maximum absolute atomic E-state index is 12.9. The third kappa shape index (κ3) is 4.26. The second-order valence-corrected chi connectivity index (χ2v) is 7.46. The van der Waals surface area contributed by atoms with E-state index in [1.807, 2.05) is 19.1 Å². The molecule has 0 aromatic heterocycles. The zero-order valence-electron chi connectivity index (χ0n) is 17.8. The molecule has 0 radical (unpaired) electrons. The van der Waals surface area contributed by atoms with Crippen molar-refractivity contribution < 1.29 is 23.7 Å². The molecule has 0 spiro atoms. The average molecular weight is 463 g/mol. The molecule has 164 valence electrons. The molecule has 1 aliphatic rings. The van der Waals surface area contributed by atoms with Crippen molar-refractivity contribution in [3.05, 3.63) is 58.3 Å². The molecule has 2 aromatic carbocycles. The number of hydrogen-bond donors (Lipinski definition) is 1. The van der Waals surface area contributed by atoms with E-state index >= 15 is 0 Å². The van der Waals surface area contributed by atoms with Crippen molar-refractivity contribution in [3.63, 3.8) is 0 Å². The minimum atomic E-state index is -0.627. The fourth-order valence-corrected chi connectivity index (χ4v) is 4.02. The number of halogens is 1. The van der Waals surface area contributed by atoms with Gasteiger partial charge in [-0.3, -0.25) is 4.90 Å². The van der Waals surface area contributed by atoms with Gasteiger partial charge in [-0.2, -0.15) is 0 Å². The van der Waals surface area contributed by atoms with Gasteiger partial charge in [0.15, 0.2) is 16.6 Å². The normalized spacial score (nSPS) is 16.0. The number of nitrogens with zero attached hydrogens (tertiary/aromatic N) is 1. The topological polar surface area (TPSA) is 69.3 Å². The summed E-state index contributed by atoms with van der Waals surface area (Å²) in [7, 11) is 5.96. The molecule has 0 fully saturated rings. The van der Waals surface area contributed by atoms with Crippen molar-refractivity contribution in [1.29, 1.82) is 0 Å². The van der Waals surface area contributed by atoms with Crippen LogP contribution in [0.3, 0.4) is 0 Å². The van der Waals surface area contributed by atoms with Gasteiger partial charge in [-0.25, -0.2) is 4.79 Å². The number of carbonyl (C=O) groups is 1. The molecule has 0 bridgehead atoms. The molecule has 9 heteroatoms. The Bertz CT molecular complexity index is 1040. The number of benzene rings is 2. The highest BCUT2D eigenvalue weighted by Gasteiger charge is 2.37. The van der Waals surface area contributed by atoms with E-state index in [0.717, 1.165) is 5.69 Å². The number of esters is 1. The van der Waals surface area contributed by atoms with Gasteiger partial charge in [-0.05, 0) is 49.5 Å². The molecule has 7 nitrogen and oxygen atoms in total. The maximum atomic E-state index is 12.9. The van der Waals surface area contributed by atoms with Gasteiger partial charge in [0.05, 0.1) is 40.1 Å². The average Bonchev–Trinajstić information content (AvgIpc) is 2.78. The Hall–Kier alpha value is -2.97. The number of carbonyl (C=O) groups excluding carboxylic acids is 1. The molecule has 0 saturated heterocycles. The Morgan fingerprint density at radius 2 is 1.58 bits per heavy atom. The summed E-state index contributed by atoms with van der Waals surface area (Å²) in [5.41, 5.74) is 2.42. The molecule has 0 saturated carbocycles. The number of rotatable bonds is 6. The van der Waals surface area contributed by atoms with E-state index in [4.69, 9.17) is 42.8 Å². The van der Waals surface area contributed by atoms with Crippen LogP contribution in [0.4, 0.5) is 5.69 Å². The van der Waals surface area contributed by atoms with Crippen LogP contribution in [0.2, 0.25) is 5.02 Å². The van der Waals surface area contributed by atoms with Crippen LogP contribution in [0.25, 0.3) is 0 Å².